The van der Waals surface area contributed by atoms with E-state index in [-0.39, 0.29) is 11.9 Å². The molecule has 3 rings (SSSR count). The Balaban J connectivity index is 1.48. The highest BCUT2D eigenvalue weighted by Gasteiger charge is 2.23. The molecule has 2 N–H and O–H groups in total. The monoisotopic (exact) mass is 299 g/mol. The maximum Gasteiger partial charge on any atom is 0.222 e. The zero-order chi connectivity index (χ0) is 15.4. The molecule has 0 radical (unpaired) electrons. The number of hydrogen-bond acceptors (Lipinski definition) is 4. The van der Waals surface area contributed by atoms with E-state index in [9.17, 15) is 4.79 Å². The molecule has 2 heterocycles. The molecular weight excluding hydrogens is 278 g/mol. The third-order valence-corrected chi connectivity index (χ3v) is 3.97. The van der Waals surface area contributed by atoms with Gasteiger partial charge >= 0.3 is 0 Å². The lowest BCUT2D eigenvalue weighted by molar-refractivity contribution is -0.130. The van der Waals surface area contributed by atoms with Gasteiger partial charge in [0, 0.05) is 37.5 Å². The third kappa shape index (κ3) is 3.54. The lowest BCUT2D eigenvalue weighted by Gasteiger charge is -2.15. The maximum atomic E-state index is 12.0. The van der Waals surface area contributed by atoms with E-state index in [2.05, 4.69) is 4.98 Å². The van der Waals surface area contributed by atoms with Crippen LogP contribution in [0.4, 0.5) is 0 Å². The van der Waals surface area contributed by atoms with Crippen LogP contribution in [0.15, 0.2) is 40.9 Å². The number of amides is 1. The van der Waals surface area contributed by atoms with Gasteiger partial charge in [-0.3, -0.25) is 4.79 Å². The molecule has 0 saturated carbocycles. The summed E-state index contributed by atoms with van der Waals surface area (Å²) in [4.78, 5) is 18.2. The second-order valence-electron chi connectivity index (χ2n) is 5.73. The van der Waals surface area contributed by atoms with Crippen molar-refractivity contribution in [1.82, 2.24) is 9.88 Å². The number of nitrogens with zero attached hydrogens (tertiary/aromatic N) is 2. The van der Waals surface area contributed by atoms with Gasteiger partial charge in [-0.1, -0.05) is 30.3 Å². The number of aromatic nitrogens is 1. The first-order chi connectivity index (χ1) is 10.7. The van der Waals surface area contributed by atoms with Crippen molar-refractivity contribution in [2.24, 2.45) is 5.73 Å². The van der Waals surface area contributed by atoms with Gasteiger partial charge in [-0.2, -0.15) is 0 Å². The molecule has 1 fully saturated rings. The molecule has 2 aromatic rings. The average Bonchev–Trinajstić information content (AvgIpc) is 3.17. The molecule has 116 valence electrons. The van der Waals surface area contributed by atoms with Gasteiger partial charge in [0.05, 0.1) is 6.20 Å². The molecule has 22 heavy (non-hydrogen) atoms. The number of aryl methyl sites for hydroxylation is 1. The summed E-state index contributed by atoms with van der Waals surface area (Å²) in [5.41, 5.74) is 6.84. The SMILES string of the molecule is N[C@@H]1CCN(C(=O)CCCc2ncc(-c3ccccc3)o2)C1. The largest absolute Gasteiger partial charge is 0.441 e. The normalized spacial score (nSPS) is 17.9. The van der Waals surface area contributed by atoms with Crippen LogP contribution in [0.2, 0.25) is 0 Å². The highest BCUT2D eigenvalue weighted by Crippen LogP contribution is 2.20. The van der Waals surface area contributed by atoms with Crippen LogP contribution in [0.25, 0.3) is 11.3 Å². The number of oxazole rings is 1. The number of benzene rings is 1. The van der Waals surface area contributed by atoms with Gasteiger partial charge in [-0.15, -0.1) is 0 Å². The Morgan fingerprint density at radius 3 is 2.91 bits per heavy atom. The Morgan fingerprint density at radius 1 is 1.36 bits per heavy atom. The Kier molecular flexibility index (Phi) is 4.53. The standard InChI is InChI=1S/C17H21N3O2/c18-14-9-10-20(12-14)17(21)8-4-7-16-19-11-15(22-16)13-5-2-1-3-6-13/h1-3,5-6,11,14H,4,7-10,12,18H2/t14-/m1/s1. The van der Waals surface area contributed by atoms with Gasteiger partial charge < -0.3 is 15.1 Å². The van der Waals surface area contributed by atoms with Crippen molar-refractivity contribution in [3.8, 4) is 11.3 Å². The van der Waals surface area contributed by atoms with Crippen molar-refractivity contribution in [3.63, 3.8) is 0 Å². The van der Waals surface area contributed by atoms with Crippen molar-refractivity contribution in [2.45, 2.75) is 31.7 Å². The van der Waals surface area contributed by atoms with Crippen LogP contribution in [0.1, 0.15) is 25.2 Å². The summed E-state index contributed by atoms with van der Waals surface area (Å²) in [6, 6.07) is 10.0. The minimum absolute atomic E-state index is 0.143. The van der Waals surface area contributed by atoms with Crippen LogP contribution < -0.4 is 5.73 Å². The van der Waals surface area contributed by atoms with Crippen LogP contribution >= 0.6 is 0 Å². The third-order valence-electron chi connectivity index (χ3n) is 3.97. The summed E-state index contributed by atoms with van der Waals surface area (Å²) in [5.74, 6) is 1.64. The molecule has 1 aromatic carbocycles. The second-order valence-corrected chi connectivity index (χ2v) is 5.73. The molecular formula is C17H21N3O2. The van der Waals surface area contributed by atoms with E-state index >= 15 is 0 Å². The zero-order valence-electron chi connectivity index (χ0n) is 12.6. The quantitative estimate of drug-likeness (QED) is 0.919. The molecule has 5 heteroatoms. The van der Waals surface area contributed by atoms with E-state index < -0.39 is 0 Å². The first kappa shape index (κ1) is 14.8. The fraction of sp³-hybridized carbons (Fsp3) is 0.412. The summed E-state index contributed by atoms with van der Waals surface area (Å²) < 4.78 is 5.74. The van der Waals surface area contributed by atoms with E-state index in [0.29, 0.717) is 25.3 Å². The van der Waals surface area contributed by atoms with E-state index in [0.717, 1.165) is 30.7 Å². The molecule has 0 spiro atoms. The second kappa shape index (κ2) is 6.75. The molecule has 1 amide bonds. The lowest BCUT2D eigenvalue weighted by atomic mass is 10.2. The number of carbonyl (C=O) groups excluding carboxylic acids is 1. The van der Waals surface area contributed by atoms with Gasteiger partial charge in [0.25, 0.3) is 0 Å². The molecule has 1 aromatic heterocycles. The summed E-state index contributed by atoms with van der Waals surface area (Å²) in [6.45, 7) is 1.48. The average molecular weight is 299 g/mol. The van der Waals surface area contributed by atoms with Gasteiger partial charge in [0.2, 0.25) is 5.91 Å². The van der Waals surface area contributed by atoms with E-state index in [4.69, 9.17) is 10.2 Å². The van der Waals surface area contributed by atoms with Crippen LogP contribution in [-0.4, -0.2) is 34.9 Å². The maximum absolute atomic E-state index is 12.0. The van der Waals surface area contributed by atoms with Crippen LogP contribution in [0.5, 0.6) is 0 Å². The molecule has 1 aliphatic rings. The first-order valence-corrected chi connectivity index (χ1v) is 7.76. The molecule has 0 aliphatic carbocycles. The van der Waals surface area contributed by atoms with Crippen LogP contribution in [0.3, 0.4) is 0 Å². The summed E-state index contributed by atoms with van der Waals surface area (Å²) >= 11 is 0. The number of carbonyl (C=O) groups is 1. The number of likely N-dealkylation sites (tertiary alicyclic amines) is 1. The van der Waals surface area contributed by atoms with Crippen molar-refractivity contribution in [1.29, 1.82) is 0 Å². The van der Waals surface area contributed by atoms with E-state index in [1.165, 1.54) is 0 Å². The van der Waals surface area contributed by atoms with E-state index in [1.807, 2.05) is 35.2 Å². The van der Waals surface area contributed by atoms with Gasteiger partial charge in [-0.05, 0) is 12.8 Å². The first-order valence-electron chi connectivity index (χ1n) is 7.76. The highest BCUT2D eigenvalue weighted by molar-refractivity contribution is 5.76. The summed E-state index contributed by atoms with van der Waals surface area (Å²) in [7, 11) is 0. The minimum atomic E-state index is 0.143. The molecule has 0 bridgehead atoms. The topological polar surface area (TPSA) is 72.4 Å². The van der Waals surface area contributed by atoms with E-state index in [1.54, 1.807) is 6.20 Å². The number of rotatable bonds is 5. The molecule has 0 unspecified atom stereocenters. The number of nitrogens with two attached hydrogens (primary N) is 1. The highest BCUT2D eigenvalue weighted by atomic mass is 16.4. The summed E-state index contributed by atoms with van der Waals surface area (Å²) in [5, 5.41) is 0. The van der Waals surface area contributed by atoms with Crippen molar-refractivity contribution in [3.05, 3.63) is 42.4 Å². The van der Waals surface area contributed by atoms with Crippen LogP contribution in [0, 0.1) is 0 Å². The van der Waals surface area contributed by atoms with Crippen molar-refractivity contribution < 1.29 is 9.21 Å². The predicted molar refractivity (Wildman–Crippen MR) is 84.0 cm³/mol. The minimum Gasteiger partial charge on any atom is -0.441 e. The van der Waals surface area contributed by atoms with Crippen molar-refractivity contribution in [2.75, 3.05) is 13.1 Å². The van der Waals surface area contributed by atoms with Crippen molar-refractivity contribution >= 4 is 5.91 Å². The molecule has 1 aliphatic heterocycles. The fourth-order valence-corrected chi connectivity index (χ4v) is 2.72. The Labute approximate surface area is 130 Å². The molecule has 5 nitrogen and oxygen atoms in total. The summed E-state index contributed by atoms with van der Waals surface area (Å²) in [6.07, 6.45) is 4.60. The van der Waals surface area contributed by atoms with Crippen LogP contribution in [-0.2, 0) is 11.2 Å². The number of hydrogen-bond donors (Lipinski definition) is 1. The lowest BCUT2D eigenvalue weighted by Crippen LogP contribution is -2.31. The molecule has 1 atom stereocenters. The zero-order valence-corrected chi connectivity index (χ0v) is 12.6. The molecule has 1 saturated heterocycles. The Bertz CT molecular complexity index is 624. The smallest absolute Gasteiger partial charge is 0.222 e. The van der Waals surface area contributed by atoms with Gasteiger partial charge in [0.1, 0.15) is 0 Å². The van der Waals surface area contributed by atoms with Gasteiger partial charge in [-0.25, -0.2) is 4.98 Å². The predicted octanol–water partition coefficient (Wildman–Crippen LogP) is 2.22. The Hall–Kier alpha value is -2.14. The fourth-order valence-electron chi connectivity index (χ4n) is 2.72. The Morgan fingerprint density at radius 2 is 2.18 bits per heavy atom. The van der Waals surface area contributed by atoms with Gasteiger partial charge in [0.15, 0.2) is 11.7 Å².